The number of methoxy groups -OCH3 is 1. The first-order chi connectivity index (χ1) is 22.4. The van der Waals surface area contributed by atoms with Crippen LogP contribution in [-0.4, -0.2) is 35.4 Å². The van der Waals surface area contributed by atoms with Crippen molar-refractivity contribution in [3.63, 3.8) is 0 Å². The number of carbonyl (C=O) groups is 1. The van der Waals surface area contributed by atoms with Crippen molar-refractivity contribution >= 4 is 39.8 Å². The lowest BCUT2D eigenvalue weighted by molar-refractivity contribution is -0.387. The zero-order valence-electron chi connectivity index (χ0n) is 24.3. The van der Waals surface area contributed by atoms with Gasteiger partial charge in [-0.1, -0.05) is 41.7 Å². The van der Waals surface area contributed by atoms with E-state index >= 15 is 0 Å². The number of alkyl halides is 3. The van der Waals surface area contributed by atoms with E-state index in [2.05, 4.69) is 4.99 Å². The number of aromatic nitrogens is 1. The first-order valence-corrected chi connectivity index (χ1v) is 14.6. The summed E-state index contributed by atoms with van der Waals surface area (Å²) in [4.78, 5) is 41.1. The van der Waals surface area contributed by atoms with Gasteiger partial charge in [0.1, 0.15) is 23.3 Å². The molecule has 0 fully saturated rings. The Labute approximate surface area is 265 Å². The van der Waals surface area contributed by atoms with Crippen LogP contribution in [0.5, 0.6) is 5.75 Å². The van der Waals surface area contributed by atoms with Crippen molar-refractivity contribution in [2.75, 3.05) is 13.7 Å². The zero-order valence-corrected chi connectivity index (χ0v) is 25.1. The number of hydrogen-bond donors (Lipinski definition) is 0. The summed E-state index contributed by atoms with van der Waals surface area (Å²) in [5, 5.41) is 12.2. The van der Waals surface area contributed by atoms with Crippen LogP contribution in [-0.2, 0) is 9.53 Å². The van der Waals surface area contributed by atoms with Gasteiger partial charge in [0.2, 0.25) is 5.82 Å². The third-order valence-corrected chi connectivity index (χ3v) is 8.33. The number of allylic oxidation sites excluding steroid dienone is 1. The molecule has 0 saturated carbocycles. The normalized spacial score (nSPS) is 15.0. The molecule has 0 radical (unpaired) electrons. The Kier molecular flexibility index (Phi) is 8.01. The first-order valence-electron chi connectivity index (χ1n) is 13.8. The summed E-state index contributed by atoms with van der Waals surface area (Å²) in [5.74, 6) is -2.05. The summed E-state index contributed by atoms with van der Waals surface area (Å²) >= 11 is 0.637. The van der Waals surface area contributed by atoms with Gasteiger partial charge in [-0.05, 0) is 48.0 Å². The topological polar surface area (TPSA) is 126 Å². The second kappa shape index (κ2) is 12.0. The third kappa shape index (κ3) is 5.58. The third-order valence-electron chi connectivity index (χ3n) is 7.35. The van der Waals surface area contributed by atoms with Crippen molar-refractivity contribution in [2.45, 2.75) is 19.1 Å². The predicted molar refractivity (Wildman–Crippen MR) is 162 cm³/mol. The van der Waals surface area contributed by atoms with Gasteiger partial charge in [-0.2, -0.15) is 17.6 Å². The minimum atomic E-state index is -5.11. The molecule has 1 atom stereocenters. The molecular weight excluding hydrogens is 646 g/mol. The summed E-state index contributed by atoms with van der Waals surface area (Å²) in [5.41, 5.74) is -3.65. The highest BCUT2D eigenvalue weighted by molar-refractivity contribution is 7.07. The van der Waals surface area contributed by atoms with Crippen molar-refractivity contribution in [3.05, 3.63) is 125 Å². The number of nitrogens with zero attached hydrogens (tertiary/aromatic N) is 3. The minimum Gasteiger partial charge on any atom is -0.496 e. The number of fused-ring (bicyclic) bond motifs is 2. The van der Waals surface area contributed by atoms with E-state index in [1.165, 1.54) is 44.4 Å². The number of nitro groups is 1. The molecule has 6 rings (SSSR count). The first kappa shape index (κ1) is 31.4. The molecule has 3 aromatic carbocycles. The standard InChI is InChI=1S/C32H21F4N3O7S/c1-3-45-30(41)26-27(25-19-7-5-4-6-16(19)9-12-23(25)44-2)38-29(40)24(47-31(38)37-28(26)32(34,35)36)15-18-10-13-22(46-18)17-8-11-20(33)21(14-17)39(42)43/h4-15,27H,3H2,1-2H3/b24-15-/t27-/m0/s1. The van der Waals surface area contributed by atoms with Crippen LogP contribution < -0.4 is 19.6 Å². The molecule has 15 heteroatoms. The minimum absolute atomic E-state index is 0.0668. The number of ether oxygens (including phenoxy) is 2. The molecule has 0 N–H and O–H groups in total. The molecule has 0 unspecified atom stereocenters. The number of esters is 1. The Morgan fingerprint density at radius 3 is 2.62 bits per heavy atom. The van der Waals surface area contributed by atoms with E-state index in [0.717, 1.165) is 16.7 Å². The van der Waals surface area contributed by atoms with Crippen LogP contribution in [0.25, 0.3) is 28.2 Å². The molecule has 0 bridgehead atoms. The number of carbonyl (C=O) groups excluding carboxylic acids is 1. The van der Waals surface area contributed by atoms with Crippen molar-refractivity contribution < 1.29 is 41.2 Å². The van der Waals surface area contributed by atoms with Crippen LogP contribution >= 0.6 is 11.3 Å². The lowest BCUT2D eigenvalue weighted by Crippen LogP contribution is -2.41. The summed E-state index contributed by atoms with van der Waals surface area (Å²) in [7, 11) is 1.32. The van der Waals surface area contributed by atoms with Crippen LogP contribution in [0, 0.1) is 15.9 Å². The maximum Gasteiger partial charge on any atom is 0.434 e. The maximum absolute atomic E-state index is 14.6. The van der Waals surface area contributed by atoms with Crippen molar-refractivity contribution in [3.8, 4) is 17.1 Å². The molecule has 47 heavy (non-hydrogen) atoms. The summed E-state index contributed by atoms with van der Waals surface area (Å²) < 4.78 is 75.0. The van der Waals surface area contributed by atoms with Crippen LogP contribution in [0.15, 0.2) is 92.2 Å². The van der Waals surface area contributed by atoms with E-state index < -0.39 is 51.4 Å². The fraction of sp³-hybridized carbons (Fsp3) is 0.156. The Hall–Kier alpha value is -5.57. The molecule has 10 nitrogen and oxygen atoms in total. The SMILES string of the molecule is CCOC(=O)C1=C(C(F)(F)F)N=c2s/c(=C\c3ccc(-c4ccc(F)c([N+](=O)[O-])c4)o3)c(=O)n2[C@H]1c1c(OC)ccc2ccccc12. The van der Waals surface area contributed by atoms with E-state index in [4.69, 9.17) is 13.9 Å². The molecule has 5 aromatic rings. The molecule has 0 aliphatic carbocycles. The van der Waals surface area contributed by atoms with E-state index in [1.807, 2.05) is 0 Å². The second-order valence-electron chi connectivity index (χ2n) is 10.1. The van der Waals surface area contributed by atoms with Gasteiger partial charge < -0.3 is 13.9 Å². The number of nitro benzene ring substituents is 1. The van der Waals surface area contributed by atoms with Crippen LogP contribution in [0.4, 0.5) is 23.2 Å². The molecule has 0 spiro atoms. The molecule has 1 aliphatic rings. The van der Waals surface area contributed by atoms with Crippen LogP contribution in [0.3, 0.4) is 0 Å². The number of halogens is 4. The Morgan fingerprint density at radius 2 is 1.91 bits per heavy atom. The maximum atomic E-state index is 14.6. The Morgan fingerprint density at radius 1 is 1.15 bits per heavy atom. The number of hydrogen-bond acceptors (Lipinski definition) is 9. The molecule has 2 aromatic heterocycles. The van der Waals surface area contributed by atoms with E-state index in [0.29, 0.717) is 22.1 Å². The molecule has 3 heterocycles. The quantitative estimate of drug-likeness (QED) is 0.0928. The Bertz CT molecular complexity index is 2300. The van der Waals surface area contributed by atoms with E-state index in [9.17, 15) is 37.3 Å². The lowest BCUT2D eigenvalue weighted by Gasteiger charge is -2.28. The predicted octanol–water partition coefficient (Wildman–Crippen LogP) is 5.81. The fourth-order valence-corrected chi connectivity index (χ4v) is 6.35. The number of benzene rings is 3. The second-order valence-corrected chi connectivity index (χ2v) is 11.1. The van der Waals surface area contributed by atoms with Crippen molar-refractivity contribution in [1.82, 2.24) is 4.57 Å². The van der Waals surface area contributed by atoms with Gasteiger partial charge in [-0.3, -0.25) is 19.5 Å². The number of furan rings is 1. The molecule has 240 valence electrons. The molecule has 0 saturated heterocycles. The highest BCUT2D eigenvalue weighted by Crippen LogP contribution is 2.43. The average molecular weight is 668 g/mol. The number of thiazole rings is 1. The van der Waals surface area contributed by atoms with Crippen LogP contribution in [0.2, 0.25) is 0 Å². The highest BCUT2D eigenvalue weighted by Gasteiger charge is 2.46. The lowest BCUT2D eigenvalue weighted by atomic mass is 9.90. The van der Waals surface area contributed by atoms with Crippen molar-refractivity contribution in [1.29, 1.82) is 0 Å². The van der Waals surface area contributed by atoms with E-state index in [1.54, 1.807) is 30.3 Å². The van der Waals surface area contributed by atoms with Crippen molar-refractivity contribution in [2.24, 2.45) is 4.99 Å². The van der Waals surface area contributed by atoms with Gasteiger partial charge in [-0.15, -0.1) is 0 Å². The molecule has 1 aliphatic heterocycles. The monoisotopic (exact) mass is 667 g/mol. The van der Waals surface area contributed by atoms with Gasteiger partial charge >= 0.3 is 17.8 Å². The smallest absolute Gasteiger partial charge is 0.434 e. The van der Waals surface area contributed by atoms with Gasteiger partial charge in [0.25, 0.3) is 5.56 Å². The highest BCUT2D eigenvalue weighted by atomic mass is 32.1. The largest absolute Gasteiger partial charge is 0.496 e. The summed E-state index contributed by atoms with van der Waals surface area (Å²) in [6.07, 6.45) is -3.84. The van der Waals surface area contributed by atoms with Crippen LogP contribution in [0.1, 0.15) is 24.3 Å². The average Bonchev–Trinajstić information content (AvgIpc) is 3.63. The zero-order chi connectivity index (χ0) is 33.6. The number of rotatable bonds is 7. The van der Waals surface area contributed by atoms with E-state index in [-0.39, 0.29) is 44.3 Å². The Balaban J connectivity index is 1.60. The summed E-state index contributed by atoms with van der Waals surface area (Å²) in [6.45, 7) is 1.20. The summed E-state index contributed by atoms with van der Waals surface area (Å²) in [6, 6.07) is 14.4. The van der Waals surface area contributed by atoms with Gasteiger partial charge in [0.15, 0.2) is 10.5 Å². The molecular formula is C32H21F4N3O7S. The van der Waals surface area contributed by atoms with Gasteiger partial charge in [0.05, 0.1) is 28.7 Å². The molecule has 0 amide bonds. The fourth-order valence-electron chi connectivity index (χ4n) is 5.37. The van der Waals surface area contributed by atoms with Gasteiger partial charge in [-0.25, -0.2) is 9.79 Å². The van der Waals surface area contributed by atoms with Gasteiger partial charge in [0, 0.05) is 23.3 Å².